The van der Waals surface area contributed by atoms with Crippen LogP contribution >= 0.6 is 11.9 Å². The summed E-state index contributed by atoms with van der Waals surface area (Å²) < 4.78 is 64.3. The molecule has 2 aromatic carbocycles. The van der Waals surface area contributed by atoms with Gasteiger partial charge in [0.25, 0.3) is 0 Å². The van der Waals surface area contributed by atoms with Gasteiger partial charge in [0, 0.05) is 41.6 Å². The zero-order valence-electron chi connectivity index (χ0n) is 16.2. The number of benzene rings is 2. The molecule has 4 nitrogen and oxygen atoms in total. The van der Waals surface area contributed by atoms with E-state index >= 15 is 0 Å². The van der Waals surface area contributed by atoms with Gasteiger partial charge < -0.3 is 10.0 Å². The maximum absolute atomic E-state index is 13.2. The van der Waals surface area contributed by atoms with Crippen molar-refractivity contribution in [2.45, 2.75) is 18.0 Å². The predicted molar refractivity (Wildman–Crippen MR) is 110 cm³/mol. The molecule has 1 heterocycles. The van der Waals surface area contributed by atoms with Gasteiger partial charge in [-0.1, -0.05) is 6.92 Å². The highest BCUT2D eigenvalue weighted by molar-refractivity contribution is 7.97. The topological polar surface area (TPSA) is 43.8 Å². The van der Waals surface area contributed by atoms with Gasteiger partial charge in [-0.3, -0.25) is 4.21 Å². The molecular formula is C19H22F4N2O2S2. The molecule has 1 aliphatic rings. The second-order valence-corrected chi connectivity index (χ2v) is 9.24. The van der Waals surface area contributed by atoms with E-state index in [2.05, 4.69) is 0 Å². The molecule has 160 valence electrons. The number of aromatic hydroxyl groups is 1. The molecule has 1 unspecified atom stereocenters. The molecule has 1 atom stereocenters. The van der Waals surface area contributed by atoms with E-state index in [-0.39, 0.29) is 0 Å². The Morgan fingerprint density at radius 3 is 2.28 bits per heavy atom. The van der Waals surface area contributed by atoms with Crippen LogP contribution in [0.2, 0.25) is 0 Å². The van der Waals surface area contributed by atoms with Crippen LogP contribution in [0.1, 0.15) is 12.5 Å². The van der Waals surface area contributed by atoms with Gasteiger partial charge in [-0.2, -0.15) is 13.2 Å². The molecule has 0 amide bonds. The summed E-state index contributed by atoms with van der Waals surface area (Å²) in [5, 5.41) is 9.75. The highest BCUT2D eigenvalue weighted by Gasteiger charge is 2.36. The monoisotopic (exact) mass is 450 g/mol. The third-order valence-electron chi connectivity index (χ3n) is 4.11. The van der Waals surface area contributed by atoms with Crippen molar-refractivity contribution in [3.63, 3.8) is 0 Å². The Morgan fingerprint density at radius 1 is 1.17 bits per heavy atom. The molecule has 1 N–H and O–H groups in total. The van der Waals surface area contributed by atoms with Crippen molar-refractivity contribution < 1.29 is 26.9 Å². The number of hydrogen-bond acceptors (Lipinski definition) is 5. The van der Waals surface area contributed by atoms with Crippen LogP contribution in [-0.2, 0) is 17.0 Å². The van der Waals surface area contributed by atoms with Crippen LogP contribution in [0.4, 0.5) is 28.9 Å². The fourth-order valence-electron chi connectivity index (χ4n) is 2.53. The number of alkyl halides is 3. The molecule has 1 aliphatic heterocycles. The van der Waals surface area contributed by atoms with Crippen molar-refractivity contribution >= 4 is 34.1 Å². The summed E-state index contributed by atoms with van der Waals surface area (Å²) in [6.07, 6.45) is -2.96. The van der Waals surface area contributed by atoms with E-state index in [4.69, 9.17) is 0 Å². The lowest BCUT2D eigenvalue weighted by molar-refractivity contribution is -0.138. The molecule has 0 fully saturated rings. The lowest BCUT2D eigenvalue weighted by Gasteiger charge is -2.25. The van der Waals surface area contributed by atoms with Crippen molar-refractivity contribution in [2.75, 3.05) is 37.0 Å². The number of fused-ring (bicyclic) bond motifs is 1. The quantitative estimate of drug-likeness (QED) is 0.514. The Hall–Kier alpha value is -1.78. The zero-order valence-corrected chi connectivity index (χ0v) is 17.8. The van der Waals surface area contributed by atoms with Crippen molar-refractivity contribution in [3.8, 4) is 5.75 Å². The Labute approximate surface area is 174 Å². The first kappa shape index (κ1) is 23.5. The molecule has 10 heteroatoms. The predicted octanol–water partition coefficient (Wildman–Crippen LogP) is 5.03. The highest BCUT2D eigenvalue weighted by atomic mass is 32.2. The third kappa shape index (κ3) is 6.35. The number of anilines is 2. The second kappa shape index (κ2) is 9.82. The lowest BCUT2D eigenvalue weighted by Crippen LogP contribution is -2.24. The van der Waals surface area contributed by atoms with Gasteiger partial charge in [-0.05, 0) is 55.4 Å². The van der Waals surface area contributed by atoms with E-state index in [9.17, 15) is 26.9 Å². The first-order valence-electron chi connectivity index (χ1n) is 8.69. The average molecular weight is 451 g/mol. The second-order valence-electron chi connectivity index (χ2n) is 6.27. The largest absolute Gasteiger partial charge is 0.507 e. The van der Waals surface area contributed by atoms with E-state index < -0.39 is 34.1 Å². The van der Waals surface area contributed by atoms with Crippen molar-refractivity contribution in [3.05, 3.63) is 47.8 Å². The molecule has 0 bridgehead atoms. The number of halogens is 4. The molecule has 0 spiro atoms. The van der Waals surface area contributed by atoms with Gasteiger partial charge in [0.1, 0.15) is 11.6 Å². The Bertz CT molecular complexity index is 861. The van der Waals surface area contributed by atoms with Gasteiger partial charge in [-0.15, -0.1) is 0 Å². The number of rotatable bonds is 2. The van der Waals surface area contributed by atoms with E-state index in [1.165, 1.54) is 36.2 Å². The number of phenols is 1. The van der Waals surface area contributed by atoms with Crippen molar-refractivity contribution in [1.29, 1.82) is 0 Å². The Balaban J connectivity index is 0.000000537. The van der Waals surface area contributed by atoms with Crippen LogP contribution in [-0.4, -0.2) is 45.8 Å². The molecule has 2 aromatic rings. The van der Waals surface area contributed by atoms with Crippen LogP contribution in [0, 0.1) is 5.82 Å². The minimum atomic E-state index is -4.66. The maximum atomic E-state index is 13.2. The van der Waals surface area contributed by atoms with Gasteiger partial charge in [0.05, 0.1) is 16.1 Å². The first-order valence-corrected chi connectivity index (χ1v) is 11.2. The van der Waals surface area contributed by atoms with Crippen LogP contribution < -0.4 is 4.90 Å². The summed E-state index contributed by atoms with van der Waals surface area (Å²) in [7, 11) is 1.24. The Kier molecular flexibility index (Phi) is 7.95. The first-order chi connectivity index (χ1) is 13.5. The maximum Gasteiger partial charge on any atom is 0.420 e. The molecule has 0 saturated carbocycles. The zero-order chi connectivity index (χ0) is 21.8. The summed E-state index contributed by atoms with van der Waals surface area (Å²) in [5.41, 5.74) is -0.160. The average Bonchev–Trinajstić information content (AvgIpc) is 2.79. The SMILES string of the molecule is CCS(C)=O.CN1CCN(c2ccc(F)cc2)c2cc(C(F)(F)F)c(O)cc2S1. The van der Waals surface area contributed by atoms with Crippen LogP contribution in [0.5, 0.6) is 5.75 Å². The Morgan fingerprint density at radius 2 is 1.76 bits per heavy atom. The van der Waals surface area contributed by atoms with Gasteiger partial charge in [0.2, 0.25) is 0 Å². The normalized spacial score (nSPS) is 15.8. The number of phenolic OH excluding ortho intramolecular Hbond substituents is 1. The smallest absolute Gasteiger partial charge is 0.420 e. The summed E-state index contributed by atoms with van der Waals surface area (Å²) in [4.78, 5) is 2.20. The van der Waals surface area contributed by atoms with Gasteiger partial charge in [0.15, 0.2) is 0 Å². The van der Waals surface area contributed by atoms with Crippen molar-refractivity contribution in [1.82, 2.24) is 4.31 Å². The number of hydrogen-bond donors (Lipinski definition) is 1. The lowest BCUT2D eigenvalue weighted by atomic mass is 10.1. The van der Waals surface area contributed by atoms with E-state index in [0.717, 1.165) is 17.9 Å². The summed E-state index contributed by atoms with van der Waals surface area (Å²) >= 11 is 1.26. The fourth-order valence-corrected chi connectivity index (χ4v) is 3.47. The molecular weight excluding hydrogens is 428 g/mol. The molecule has 0 aliphatic carbocycles. The summed E-state index contributed by atoms with van der Waals surface area (Å²) in [6, 6.07) is 7.65. The van der Waals surface area contributed by atoms with Gasteiger partial charge >= 0.3 is 6.18 Å². The van der Waals surface area contributed by atoms with Crippen LogP contribution in [0.15, 0.2) is 41.3 Å². The third-order valence-corrected chi connectivity index (χ3v) is 5.94. The van der Waals surface area contributed by atoms with Crippen LogP contribution in [0.3, 0.4) is 0 Å². The molecule has 3 rings (SSSR count). The molecule has 29 heavy (non-hydrogen) atoms. The fraction of sp³-hybridized carbons (Fsp3) is 0.368. The molecule has 0 saturated heterocycles. The minimum absolute atomic E-state index is 0.334. The molecule has 0 aromatic heterocycles. The summed E-state index contributed by atoms with van der Waals surface area (Å²) in [6.45, 7) is 2.92. The minimum Gasteiger partial charge on any atom is -0.507 e. The number of nitrogens with zero attached hydrogens (tertiary/aromatic N) is 2. The number of likely N-dealkylation sites (N-methyl/N-ethyl adjacent to an activating group) is 1. The van der Waals surface area contributed by atoms with Crippen molar-refractivity contribution in [2.24, 2.45) is 0 Å². The standard InChI is InChI=1S/C16H14F4N2OS.C3H8OS/c1-21-6-7-22(11-4-2-10(17)3-5-11)13-8-12(16(18,19)20)14(23)9-15(13)24-21;1-3-5(2)4/h2-5,8-9,23H,6-7H2,1H3;3H2,1-2H3. The van der Waals surface area contributed by atoms with E-state index in [1.807, 2.05) is 18.3 Å². The highest BCUT2D eigenvalue weighted by Crippen LogP contribution is 2.45. The molecule has 0 radical (unpaired) electrons. The van der Waals surface area contributed by atoms with E-state index in [1.54, 1.807) is 11.2 Å². The van der Waals surface area contributed by atoms with E-state index in [0.29, 0.717) is 29.4 Å². The van der Waals surface area contributed by atoms with Crippen LogP contribution in [0.25, 0.3) is 0 Å². The van der Waals surface area contributed by atoms with Gasteiger partial charge in [-0.25, -0.2) is 8.70 Å². The summed E-state index contributed by atoms with van der Waals surface area (Å²) in [5.74, 6) is -0.440.